The summed E-state index contributed by atoms with van der Waals surface area (Å²) < 4.78 is 20.2. The van der Waals surface area contributed by atoms with Gasteiger partial charge in [0.25, 0.3) is 0 Å². The molecule has 29 heavy (non-hydrogen) atoms. The number of hydrogen-bond donors (Lipinski definition) is 2. The van der Waals surface area contributed by atoms with Crippen molar-refractivity contribution >= 4 is 37.6 Å². The van der Waals surface area contributed by atoms with Gasteiger partial charge in [0.2, 0.25) is 0 Å². The summed E-state index contributed by atoms with van der Waals surface area (Å²) in [6.45, 7) is 8.67. The molecular weight excluding hydrogens is 387 g/mol. The molecule has 0 unspecified atom stereocenters. The first-order chi connectivity index (χ1) is 14.1. The molecule has 1 aromatic carbocycles. The molecule has 5 nitrogen and oxygen atoms in total. The molecule has 0 radical (unpaired) electrons. The molecule has 1 fully saturated rings. The number of aromatic nitrogens is 3. The number of ether oxygens (including phenoxy) is 1. The lowest BCUT2D eigenvalue weighted by atomic mass is 10.1. The number of nitrogens with zero attached hydrogens (tertiary/aromatic N) is 2. The number of fused-ring (bicyclic) bond motifs is 3. The van der Waals surface area contributed by atoms with Gasteiger partial charge in [0.15, 0.2) is 5.82 Å². The first-order valence-electron chi connectivity index (χ1n) is 10.0. The second-order valence-corrected chi connectivity index (χ2v) is 8.01. The van der Waals surface area contributed by atoms with E-state index in [2.05, 4.69) is 22.4 Å². The predicted octanol–water partition coefficient (Wildman–Crippen LogP) is 6.11. The number of thiophene rings is 1. The number of aromatic amines is 1. The Morgan fingerprint density at radius 1 is 1.21 bits per heavy atom. The summed E-state index contributed by atoms with van der Waals surface area (Å²) in [5.74, 6) is 1.46. The monoisotopic (exact) mass is 412 g/mol. The van der Waals surface area contributed by atoms with Crippen LogP contribution in [0, 0.1) is 19.7 Å². The molecule has 0 saturated heterocycles. The van der Waals surface area contributed by atoms with Crippen LogP contribution < -0.4 is 10.1 Å². The number of nitrogens with one attached hydrogen (secondary N) is 2. The second-order valence-electron chi connectivity index (χ2n) is 7.01. The van der Waals surface area contributed by atoms with Gasteiger partial charge in [-0.25, -0.2) is 9.37 Å². The van der Waals surface area contributed by atoms with Gasteiger partial charge in [-0.2, -0.15) is 5.10 Å². The van der Waals surface area contributed by atoms with Crippen molar-refractivity contribution < 1.29 is 9.13 Å². The van der Waals surface area contributed by atoms with Crippen molar-refractivity contribution in [3.63, 3.8) is 0 Å². The molecule has 4 aromatic rings. The van der Waals surface area contributed by atoms with E-state index in [-0.39, 0.29) is 5.82 Å². The number of aryl methyl sites for hydroxylation is 2. The normalized spacial score (nSPS) is 13.4. The Balaban J connectivity index is 0.000000994. The lowest BCUT2D eigenvalue weighted by Gasteiger charge is -2.11. The van der Waals surface area contributed by atoms with E-state index < -0.39 is 0 Å². The number of halogens is 1. The Bertz CT molecular complexity index is 1150. The van der Waals surface area contributed by atoms with Crippen LogP contribution in [0.15, 0.2) is 24.3 Å². The Morgan fingerprint density at radius 2 is 1.93 bits per heavy atom. The number of benzene rings is 1. The van der Waals surface area contributed by atoms with Crippen molar-refractivity contribution in [3.05, 3.63) is 46.9 Å². The Kier molecular flexibility index (Phi) is 5.41. The maximum absolute atomic E-state index is 13.1. The van der Waals surface area contributed by atoms with Crippen LogP contribution in [0.5, 0.6) is 5.75 Å². The van der Waals surface area contributed by atoms with Gasteiger partial charge in [0, 0.05) is 17.5 Å². The topological polar surface area (TPSA) is 62.8 Å². The minimum Gasteiger partial charge on any atom is -0.488 e. The third-order valence-electron chi connectivity index (χ3n) is 4.88. The van der Waals surface area contributed by atoms with Crippen molar-refractivity contribution in [1.29, 1.82) is 0 Å². The fraction of sp³-hybridized carbons (Fsp3) is 0.364. The lowest BCUT2D eigenvalue weighted by Crippen LogP contribution is -2.01. The number of hydrogen-bond acceptors (Lipinski definition) is 5. The van der Waals surface area contributed by atoms with Crippen molar-refractivity contribution in [2.75, 3.05) is 5.32 Å². The highest BCUT2D eigenvalue weighted by Gasteiger charge is 2.27. The van der Waals surface area contributed by atoms with E-state index in [1.807, 2.05) is 20.8 Å². The standard InChI is InChI=1S/C20H19FN4OS.C2H6/c1-10-15-16-18(27-20(15)23-11(2)17(10)26-14-7-8-14)19(25-24-16)22-9-12-3-5-13(21)6-4-12;1-2/h3-6,14H,7-9H2,1-2H3,(H2,22,24,25);1-2H3. The molecule has 152 valence electrons. The minimum absolute atomic E-state index is 0.230. The maximum Gasteiger partial charge on any atom is 0.166 e. The fourth-order valence-corrected chi connectivity index (χ4v) is 4.50. The number of rotatable bonds is 5. The minimum atomic E-state index is -0.230. The van der Waals surface area contributed by atoms with E-state index in [4.69, 9.17) is 9.72 Å². The van der Waals surface area contributed by atoms with Gasteiger partial charge < -0.3 is 10.1 Å². The van der Waals surface area contributed by atoms with E-state index in [0.717, 1.165) is 61.7 Å². The van der Waals surface area contributed by atoms with E-state index >= 15 is 0 Å². The highest BCUT2D eigenvalue weighted by Crippen LogP contribution is 2.42. The summed E-state index contributed by atoms with van der Waals surface area (Å²) in [4.78, 5) is 5.76. The first kappa shape index (κ1) is 19.6. The van der Waals surface area contributed by atoms with E-state index in [9.17, 15) is 4.39 Å². The molecule has 2 N–H and O–H groups in total. The quantitative estimate of drug-likeness (QED) is 0.415. The molecule has 0 spiro atoms. The Hall–Kier alpha value is -2.67. The molecule has 3 heterocycles. The number of pyridine rings is 1. The first-order valence-corrected chi connectivity index (χ1v) is 10.8. The van der Waals surface area contributed by atoms with Crippen molar-refractivity contribution in [2.45, 2.75) is 53.2 Å². The molecule has 1 saturated carbocycles. The summed E-state index contributed by atoms with van der Waals surface area (Å²) in [6.07, 6.45) is 2.58. The van der Waals surface area contributed by atoms with Crippen LogP contribution in [0.4, 0.5) is 10.2 Å². The second kappa shape index (κ2) is 7.99. The van der Waals surface area contributed by atoms with Crippen molar-refractivity contribution in [3.8, 4) is 5.75 Å². The third-order valence-corrected chi connectivity index (χ3v) is 5.97. The number of H-pyrrole nitrogens is 1. The smallest absolute Gasteiger partial charge is 0.166 e. The Labute approximate surface area is 173 Å². The molecule has 0 bridgehead atoms. The van der Waals surface area contributed by atoms with E-state index in [1.165, 1.54) is 12.1 Å². The molecular formula is C22H25FN4OS. The van der Waals surface area contributed by atoms with Gasteiger partial charge in [0.1, 0.15) is 16.4 Å². The zero-order valence-corrected chi connectivity index (χ0v) is 17.9. The van der Waals surface area contributed by atoms with Crippen LogP contribution in [-0.2, 0) is 6.54 Å². The third kappa shape index (κ3) is 3.79. The maximum atomic E-state index is 13.1. The fourth-order valence-electron chi connectivity index (χ4n) is 3.30. The zero-order valence-electron chi connectivity index (χ0n) is 17.1. The Morgan fingerprint density at radius 3 is 2.62 bits per heavy atom. The molecule has 1 aliphatic rings. The molecule has 0 amide bonds. The SMILES string of the molecule is CC.Cc1nc2sc3c(NCc4ccc(F)cc4)n[nH]c3c2c(C)c1OC1CC1. The molecule has 7 heteroatoms. The van der Waals surface area contributed by atoms with Crippen molar-refractivity contribution in [1.82, 2.24) is 15.2 Å². The molecule has 5 rings (SSSR count). The largest absolute Gasteiger partial charge is 0.488 e. The predicted molar refractivity (Wildman–Crippen MR) is 117 cm³/mol. The van der Waals surface area contributed by atoms with Gasteiger partial charge in [-0.05, 0) is 44.4 Å². The van der Waals surface area contributed by atoms with Crippen LogP contribution in [0.1, 0.15) is 43.5 Å². The number of anilines is 1. The molecule has 0 atom stereocenters. The summed E-state index contributed by atoms with van der Waals surface area (Å²) in [5.41, 5.74) is 4.04. The molecule has 3 aromatic heterocycles. The van der Waals surface area contributed by atoms with Gasteiger partial charge in [-0.3, -0.25) is 5.10 Å². The van der Waals surface area contributed by atoms with Crippen LogP contribution in [0.25, 0.3) is 20.4 Å². The van der Waals surface area contributed by atoms with Crippen LogP contribution >= 0.6 is 11.3 Å². The summed E-state index contributed by atoms with van der Waals surface area (Å²) in [7, 11) is 0. The van der Waals surface area contributed by atoms with Crippen molar-refractivity contribution in [2.24, 2.45) is 0 Å². The average Bonchev–Trinajstić information content (AvgIpc) is 3.36. The van der Waals surface area contributed by atoms with Crippen LogP contribution in [0.3, 0.4) is 0 Å². The molecule has 0 aliphatic heterocycles. The zero-order chi connectivity index (χ0) is 20.5. The van der Waals surface area contributed by atoms with Gasteiger partial charge in [-0.1, -0.05) is 26.0 Å². The lowest BCUT2D eigenvalue weighted by molar-refractivity contribution is 0.298. The van der Waals surface area contributed by atoms with Gasteiger partial charge >= 0.3 is 0 Å². The summed E-state index contributed by atoms with van der Waals surface area (Å²) in [5, 5.41) is 12.0. The highest BCUT2D eigenvalue weighted by molar-refractivity contribution is 7.26. The van der Waals surface area contributed by atoms with Crippen LogP contribution in [-0.4, -0.2) is 21.3 Å². The highest BCUT2D eigenvalue weighted by atomic mass is 32.1. The van der Waals surface area contributed by atoms with Crippen LogP contribution in [0.2, 0.25) is 0 Å². The van der Waals surface area contributed by atoms with Gasteiger partial charge in [0.05, 0.1) is 22.0 Å². The molecule has 1 aliphatic carbocycles. The van der Waals surface area contributed by atoms with E-state index in [0.29, 0.717) is 12.6 Å². The van der Waals surface area contributed by atoms with E-state index in [1.54, 1.807) is 23.5 Å². The summed E-state index contributed by atoms with van der Waals surface area (Å²) >= 11 is 1.62. The average molecular weight is 413 g/mol. The van der Waals surface area contributed by atoms with Gasteiger partial charge in [-0.15, -0.1) is 11.3 Å². The summed E-state index contributed by atoms with van der Waals surface area (Å²) in [6, 6.07) is 6.48.